The summed E-state index contributed by atoms with van der Waals surface area (Å²) in [6, 6.07) is 9.10. The molecule has 0 aliphatic heterocycles. The Morgan fingerprint density at radius 1 is 1.33 bits per heavy atom. The normalized spacial score (nSPS) is 10.4. The SMILES string of the molecule is O=Nn1c(Cl)cc2ccccc21. The first-order chi connectivity index (χ1) is 5.83. The fourth-order valence-corrected chi connectivity index (χ4v) is 1.43. The predicted molar refractivity (Wildman–Crippen MR) is 48.1 cm³/mol. The lowest BCUT2D eigenvalue weighted by Crippen LogP contribution is -1.83. The van der Waals surface area contributed by atoms with E-state index in [-0.39, 0.29) is 0 Å². The van der Waals surface area contributed by atoms with Crippen LogP contribution in [0.25, 0.3) is 10.9 Å². The zero-order chi connectivity index (χ0) is 8.55. The van der Waals surface area contributed by atoms with Crippen LogP contribution in [0.15, 0.2) is 35.6 Å². The van der Waals surface area contributed by atoms with Crippen LogP contribution < -0.4 is 0 Å². The minimum atomic E-state index is 0.339. The number of rotatable bonds is 1. The van der Waals surface area contributed by atoms with E-state index >= 15 is 0 Å². The molecule has 1 heterocycles. The Labute approximate surface area is 73.5 Å². The fourth-order valence-electron chi connectivity index (χ4n) is 1.19. The van der Waals surface area contributed by atoms with E-state index in [1.807, 2.05) is 18.2 Å². The van der Waals surface area contributed by atoms with Crippen LogP contribution in [0.3, 0.4) is 0 Å². The summed E-state index contributed by atoms with van der Waals surface area (Å²) < 4.78 is 1.16. The summed E-state index contributed by atoms with van der Waals surface area (Å²) in [7, 11) is 0. The highest BCUT2D eigenvalue weighted by molar-refractivity contribution is 6.30. The van der Waals surface area contributed by atoms with Crippen molar-refractivity contribution >= 4 is 22.5 Å². The van der Waals surface area contributed by atoms with Gasteiger partial charge >= 0.3 is 0 Å². The van der Waals surface area contributed by atoms with Gasteiger partial charge < -0.3 is 0 Å². The zero-order valence-electron chi connectivity index (χ0n) is 6.07. The maximum atomic E-state index is 10.3. The molecular weight excluding hydrogens is 176 g/mol. The van der Waals surface area contributed by atoms with Crippen molar-refractivity contribution in [3.63, 3.8) is 0 Å². The molecule has 0 spiro atoms. The van der Waals surface area contributed by atoms with Crippen molar-refractivity contribution in [3.05, 3.63) is 40.4 Å². The number of nitrogens with zero attached hydrogens (tertiary/aromatic N) is 2. The van der Waals surface area contributed by atoms with Crippen molar-refractivity contribution in [1.29, 1.82) is 0 Å². The van der Waals surface area contributed by atoms with Crippen LogP contribution in [0.5, 0.6) is 0 Å². The molecule has 0 atom stereocenters. The van der Waals surface area contributed by atoms with Gasteiger partial charge in [-0.25, -0.2) is 0 Å². The lowest BCUT2D eigenvalue weighted by molar-refractivity contribution is 0.914. The second-order valence-electron chi connectivity index (χ2n) is 2.42. The van der Waals surface area contributed by atoms with Crippen LogP contribution in [0.4, 0.5) is 0 Å². The van der Waals surface area contributed by atoms with E-state index in [1.165, 1.54) is 0 Å². The Morgan fingerprint density at radius 3 is 2.83 bits per heavy atom. The third-order valence-electron chi connectivity index (χ3n) is 1.72. The topological polar surface area (TPSA) is 34.4 Å². The van der Waals surface area contributed by atoms with Gasteiger partial charge in [0.2, 0.25) is 0 Å². The Hall–Kier alpha value is -1.35. The molecule has 0 saturated heterocycles. The molecule has 2 aromatic rings. The van der Waals surface area contributed by atoms with Crippen LogP contribution in [0.1, 0.15) is 0 Å². The molecule has 12 heavy (non-hydrogen) atoms. The molecular formula is C8H5ClN2O. The van der Waals surface area contributed by atoms with Gasteiger partial charge in [-0.3, -0.25) is 0 Å². The quantitative estimate of drug-likeness (QED) is 0.622. The van der Waals surface area contributed by atoms with Crippen molar-refractivity contribution in [3.8, 4) is 0 Å². The summed E-state index contributed by atoms with van der Waals surface area (Å²) in [6.07, 6.45) is 0. The summed E-state index contributed by atoms with van der Waals surface area (Å²) in [5.41, 5.74) is 0.734. The molecule has 0 aliphatic rings. The van der Waals surface area contributed by atoms with Crippen LogP contribution in [-0.4, -0.2) is 4.68 Å². The molecule has 0 aliphatic carbocycles. The summed E-state index contributed by atoms with van der Waals surface area (Å²) in [6.45, 7) is 0. The van der Waals surface area contributed by atoms with Crippen LogP contribution in [0.2, 0.25) is 5.15 Å². The van der Waals surface area contributed by atoms with Crippen molar-refractivity contribution < 1.29 is 0 Å². The Bertz CT molecular complexity index is 436. The van der Waals surface area contributed by atoms with Crippen LogP contribution >= 0.6 is 11.6 Å². The lowest BCUT2D eigenvalue weighted by Gasteiger charge is -1.91. The molecule has 0 radical (unpaired) electrons. The molecule has 4 heteroatoms. The largest absolute Gasteiger partial charge is 0.185 e. The molecule has 0 bridgehead atoms. The second-order valence-corrected chi connectivity index (χ2v) is 2.81. The van der Waals surface area contributed by atoms with Gasteiger partial charge in [-0.2, -0.15) is 4.68 Å². The van der Waals surface area contributed by atoms with Crippen LogP contribution in [0, 0.1) is 4.91 Å². The van der Waals surface area contributed by atoms with Crippen molar-refractivity contribution in [2.24, 2.45) is 5.29 Å². The first-order valence-corrected chi connectivity index (χ1v) is 3.80. The average molecular weight is 181 g/mol. The van der Waals surface area contributed by atoms with Crippen LogP contribution in [-0.2, 0) is 0 Å². The number of nitroso groups, excluding NO2 is 1. The third-order valence-corrected chi connectivity index (χ3v) is 1.99. The van der Waals surface area contributed by atoms with E-state index in [0.717, 1.165) is 15.6 Å². The molecule has 3 nitrogen and oxygen atoms in total. The second kappa shape index (κ2) is 2.60. The Morgan fingerprint density at radius 2 is 2.08 bits per heavy atom. The number of para-hydroxylation sites is 1. The highest BCUT2D eigenvalue weighted by Crippen LogP contribution is 2.22. The highest BCUT2D eigenvalue weighted by atomic mass is 35.5. The standard InChI is InChI=1S/C8H5ClN2O/c9-8-5-6-3-1-2-4-7(6)11(8)10-12/h1-5H. The molecule has 1 aromatic heterocycles. The van der Waals surface area contributed by atoms with Crippen molar-refractivity contribution in [2.75, 3.05) is 0 Å². The third kappa shape index (κ3) is 0.905. The first-order valence-electron chi connectivity index (χ1n) is 3.42. The number of hydrogen-bond acceptors (Lipinski definition) is 2. The van der Waals surface area contributed by atoms with E-state index in [0.29, 0.717) is 5.15 Å². The summed E-state index contributed by atoms with van der Waals surface area (Å²) in [5, 5.41) is 4.05. The number of benzene rings is 1. The molecule has 0 unspecified atom stereocenters. The molecule has 0 fully saturated rings. The minimum absolute atomic E-state index is 0.339. The van der Waals surface area contributed by atoms with Gasteiger partial charge in [0.25, 0.3) is 0 Å². The van der Waals surface area contributed by atoms with Gasteiger partial charge in [0, 0.05) is 5.39 Å². The summed E-state index contributed by atoms with van der Waals surface area (Å²) >= 11 is 5.74. The molecule has 0 N–H and O–H groups in total. The summed E-state index contributed by atoms with van der Waals surface area (Å²) in [5.74, 6) is 0. The maximum Gasteiger partial charge on any atom is 0.135 e. The number of hydrogen-bond donors (Lipinski definition) is 0. The van der Waals surface area contributed by atoms with Gasteiger partial charge in [-0.15, -0.1) is 4.91 Å². The molecule has 2 rings (SSSR count). The fraction of sp³-hybridized carbons (Fsp3) is 0. The molecule has 0 amide bonds. The first kappa shape index (κ1) is 7.31. The Kier molecular flexibility index (Phi) is 1.59. The van der Waals surface area contributed by atoms with E-state index < -0.39 is 0 Å². The van der Waals surface area contributed by atoms with Crippen molar-refractivity contribution in [1.82, 2.24) is 4.68 Å². The van der Waals surface area contributed by atoms with Gasteiger partial charge in [-0.05, 0) is 12.1 Å². The average Bonchev–Trinajstić information content (AvgIpc) is 2.40. The van der Waals surface area contributed by atoms with Crippen molar-refractivity contribution in [2.45, 2.75) is 0 Å². The van der Waals surface area contributed by atoms with E-state index in [4.69, 9.17) is 11.6 Å². The lowest BCUT2D eigenvalue weighted by atomic mass is 10.3. The number of fused-ring (bicyclic) bond motifs is 1. The van der Waals surface area contributed by atoms with Gasteiger partial charge in [0.1, 0.15) is 5.15 Å². The molecule has 0 saturated carbocycles. The highest BCUT2D eigenvalue weighted by Gasteiger charge is 2.04. The van der Waals surface area contributed by atoms with E-state index in [9.17, 15) is 4.91 Å². The monoisotopic (exact) mass is 180 g/mol. The number of halogens is 1. The summed E-state index contributed by atoms with van der Waals surface area (Å²) in [4.78, 5) is 10.3. The minimum Gasteiger partial charge on any atom is -0.185 e. The predicted octanol–water partition coefficient (Wildman–Crippen LogP) is 2.82. The smallest absolute Gasteiger partial charge is 0.135 e. The van der Waals surface area contributed by atoms with Gasteiger partial charge in [-0.1, -0.05) is 29.8 Å². The number of aromatic nitrogens is 1. The van der Waals surface area contributed by atoms with Gasteiger partial charge in [0.15, 0.2) is 0 Å². The van der Waals surface area contributed by atoms with E-state index in [2.05, 4.69) is 5.29 Å². The Balaban J connectivity index is 2.90. The molecule has 60 valence electrons. The van der Waals surface area contributed by atoms with Gasteiger partial charge in [0.05, 0.1) is 10.8 Å². The zero-order valence-corrected chi connectivity index (χ0v) is 6.82. The molecule has 1 aromatic carbocycles. The maximum absolute atomic E-state index is 10.3. The van der Waals surface area contributed by atoms with E-state index in [1.54, 1.807) is 12.1 Å².